The topological polar surface area (TPSA) is 50.8 Å². The van der Waals surface area contributed by atoms with E-state index >= 15 is 0 Å². The van der Waals surface area contributed by atoms with Gasteiger partial charge in [-0.05, 0) is 73.0 Å². The zero-order valence-electron chi connectivity index (χ0n) is 22.3. The van der Waals surface area contributed by atoms with Crippen molar-refractivity contribution in [3.63, 3.8) is 0 Å². The second-order valence-corrected chi connectivity index (χ2v) is 10.1. The molecule has 7 rings (SSSR count). The molecule has 0 radical (unpaired) electrons. The van der Waals surface area contributed by atoms with E-state index < -0.39 is 5.60 Å². The van der Waals surface area contributed by atoms with Crippen LogP contribution in [0.25, 0.3) is 0 Å². The number of fused-ring (bicyclic) bond motifs is 6. The highest BCUT2D eigenvalue weighted by Crippen LogP contribution is 2.56. The third-order valence-corrected chi connectivity index (χ3v) is 7.91. The van der Waals surface area contributed by atoms with Gasteiger partial charge in [-0.2, -0.15) is 0 Å². The van der Waals surface area contributed by atoms with Crippen LogP contribution in [0.4, 0.5) is 17.1 Å². The van der Waals surface area contributed by atoms with Crippen molar-refractivity contribution in [2.24, 2.45) is 0 Å². The van der Waals surface area contributed by atoms with Crippen molar-refractivity contribution in [2.45, 2.75) is 25.9 Å². The fourth-order valence-corrected chi connectivity index (χ4v) is 5.95. The van der Waals surface area contributed by atoms with E-state index in [0.717, 1.165) is 40.2 Å². The van der Waals surface area contributed by atoms with Crippen molar-refractivity contribution < 1.29 is 14.3 Å². The van der Waals surface area contributed by atoms with Crippen molar-refractivity contribution in [2.75, 3.05) is 10.4 Å². The molecule has 0 saturated carbocycles. The highest BCUT2D eigenvalue weighted by Gasteiger charge is 2.53. The molecule has 0 aromatic heterocycles. The maximum absolute atomic E-state index is 13.3. The Morgan fingerprint density at radius 3 is 2.30 bits per heavy atom. The van der Waals surface area contributed by atoms with Gasteiger partial charge in [-0.15, -0.1) is 0 Å². The number of carbonyl (C=O) groups excluding carboxylic acids is 1. The number of benzene rings is 5. The SMILES string of the molecule is CCc1cccc(N(Nc2ccccc2)c2ccc3c(c2)C2(OC(=O)c4ccccc42)c2ccccc2O3)c1C. The third-order valence-electron chi connectivity index (χ3n) is 7.91. The van der Waals surface area contributed by atoms with Crippen molar-refractivity contribution in [3.05, 3.63) is 149 Å². The number of aryl methyl sites for hydroxylation is 1. The van der Waals surface area contributed by atoms with E-state index in [1.165, 1.54) is 11.1 Å². The zero-order valence-corrected chi connectivity index (χ0v) is 22.3. The Morgan fingerprint density at radius 1 is 0.750 bits per heavy atom. The lowest BCUT2D eigenvalue weighted by Gasteiger charge is -2.37. The van der Waals surface area contributed by atoms with Crippen molar-refractivity contribution in [1.82, 2.24) is 0 Å². The van der Waals surface area contributed by atoms with Crippen LogP contribution in [0.2, 0.25) is 0 Å². The van der Waals surface area contributed by atoms with Crippen LogP contribution in [0.15, 0.2) is 115 Å². The van der Waals surface area contributed by atoms with Gasteiger partial charge >= 0.3 is 5.97 Å². The van der Waals surface area contributed by atoms with Gasteiger partial charge in [0, 0.05) is 16.7 Å². The molecule has 5 aromatic rings. The molecule has 0 saturated heterocycles. The maximum atomic E-state index is 13.3. The molecule has 0 fully saturated rings. The lowest BCUT2D eigenvalue weighted by Crippen LogP contribution is -2.33. The Morgan fingerprint density at radius 2 is 1.48 bits per heavy atom. The predicted molar refractivity (Wildman–Crippen MR) is 157 cm³/mol. The van der Waals surface area contributed by atoms with Gasteiger partial charge in [-0.3, -0.25) is 10.4 Å². The molecular weight excluding hydrogens is 496 g/mol. The standard InChI is InChI=1S/C35H28N2O3/c1-3-24-12-11-18-31(23(24)2)37(36-25-13-5-4-6-14-25)26-20-21-33-30(22-26)35(29-17-9-10-19-32(29)39-33)28-16-8-7-15-27(28)34(38)40-35/h4-22,36H,3H2,1-2H3. The van der Waals surface area contributed by atoms with Gasteiger partial charge in [-0.1, -0.05) is 73.7 Å². The van der Waals surface area contributed by atoms with E-state index in [4.69, 9.17) is 9.47 Å². The number of hydrogen-bond acceptors (Lipinski definition) is 5. The van der Waals surface area contributed by atoms with Crippen molar-refractivity contribution in [1.29, 1.82) is 0 Å². The number of anilines is 3. The summed E-state index contributed by atoms with van der Waals surface area (Å²) in [5, 5.41) is 2.10. The Kier molecular flexibility index (Phi) is 5.60. The molecule has 1 spiro atoms. The van der Waals surface area contributed by atoms with Gasteiger partial charge < -0.3 is 9.47 Å². The van der Waals surface area contributed by atoms with E-state index in [1.54, 1.807) is 0 Å². The molecule has 5 heteroatoms. The minimum Gasteiger partial charge on any atom is -0.456 e. The number of rotatable bonds is 5. The highest BCUT2D eigenvalue weighted by molar-refractivity contribution is 5.97. The van der Waals surface area contributed by atoms with Crippen LogP contribution in [0, 0.1) is 6.92 Å². The van der Waals surface area contributed by atoms with Crippen LogP contribution < -0.4 is 15.2 Å². The molecule has 1 N–H and O–H groups in total. The van der Waals surface area contributed by atoms with Crippen molar-refractivity contribution >= 4 is 23.0 Å². The molecule has 0 amide bonds. The first kappa shape index (κ1) is 24.0. The summed E-state index contributed by atoms with van der Waals surface area (Å²) < 4.78 is 12.8. The van der Waals surface area contributed by atoms with Gasteiger partial charge in [0.15, 0.2) is 5.60 Å². The number of para-hydroxylation sites is 2. The Bertz CT molecular complexity index is 1760. The number of nitrogens with one attached hydrogen (secondary N) is 1. The Labute approximate surface area is 233 Å². The van der Waals surface area contributed by atoms with Gasteiger partial charge in [0.25, 0.3) is 0 Å². The predicted octanol–water partition coefficient (Wildman–Crippen LogP) is 8.29. The summed E-state index contributed by atoms with van der Waals surface area (Å²) in [7, 11) is 0. The molecule has 196 valence electrons. The fraction of sp³-hybridized carbons (Fsp3) is 0.114. The summed E-state index contributed by atoms with van der Waals surface area (Å²) in [4.78, 5) is 13.3. The molecule has 0 bridgehead atoms. The molecule has 2 heterocycles. The first-order valence-electron chi connectivity index (χ1n) is 13.5. The number of ether oxygens (including phenoxy) is 2. The summed E-state index contributed by atoms with van der Waals surface area (Å²) in [5.74, 6) is 0.998. The minimum absolute atomic E-state index is 0.339. The first-order chi connectivity index (χ1) is 19.6. The average Bonchev–Trinajstić information content (AvgIpc) is 3.29. The number of carbonyl (C=O) groups is 1. The van der Waals surface area contributed by atoms with Crippen LogP contribution in [0.3, 0.4) is 0 Å². The molecular formula is C35H28N2O3. The van der Waals surface area contributed by atoms with E-state index in [0.29, 0.717) is 17.1 Å². The molecule has 1 atom stereocenters. The van der Waals surface area contributed by atoms with Gasteiger partial charge in [-0.25, -0.2) is 4.79 Å². The van der Waals surface area contributed by atoms with Gasteiger partial charge in [0.2, 0.25) is 0 Å². The molecule has 0 aliphatic carbocycles. The molecule has 5 aromatic carbocycles. The monoisotopic (exact) mass is 524 g/mol. The van der Waals surface area contributed by atoms with Crippen LogP contribution in [-0.2, 0) is 16.8 Å². The largest absolute Gasteiger partial charge is 0.456 e. The molecule has 2 aliphatic heterocycles. The molecule has 40 heavy (non-hydrogen) atoms. The van der Waals surface area contributed by atoms with E-state index in [2.05, 4.69) is 48.5 Å². The maximum Gasteiger partial charge on any atom is 0.340 e. The number of esters is 1. The lowest BCUT2D eigenvalue weighted by atomic mass is 9.77. The third kappa shape index (κ3) is 3.58. The second kappa shape index (κ2) is 9.31. The smallest absolute Gasteiger partial charge is 0.340 e. The molecule has 5 nitrogen and oxygen atoms in total. The molecule has 1 unspecified atom stereocenters. The minimum atomic E-state index is -1.12. The van der Waals surface area contributed by atoms with Crippen LogP contribution >= 0.6 is 0 Å². The quantitative estimate of drug-likeness (QED) is 0.185. The normalized spacial score (nSPS) is 16.4. The van der Waals surface area contributed by atoms with Gasteiger partial charge in [0.05, 0.1) is 22.6 Å². The fourth-order valence-electron chi connectivity index (χ4n) is 5.95. The summed E-state index contributed by atoms with van der Waals surface area (Å²) in [6, 6.07) is 38.0. The summed E-state index contributed by atoms with van der Waals surface area (Å²) in [6.45, 7) is 4.33. The second-order valence-electron chi connectivity index (χ2n) is 10.1. The average molecular weight is 525 g/mol. The van der Waals surface area contributed by atoms with Crippen LogP contribution in [0.5, 0.6) is 11.5 Å². The number of nitrogens with zero attached hydrogens (tertiary/aromatic N) is 1. The summed E-state index contributed by atoms with van der Waals surface area (Å²) in [5.41, 5.74) is 10.8. The zero-order chi connectivity index (χ0) is 27.3. The number of hydrogen-bond donors (Lipinski definition) is 1. The highest BCUT2D eigenvalue weighted by atomic mass is 16.6. The van der Waals surface area contributed by atoms with Crippen LogP contribution in [-0.4, -0.2) is 5.97 Å². The van der Waals surface area contributed by atoms with E-state index in [-0.39, 0.29) is 5.97 Å². The van der Waals surface area contributed by atoms with E-state index in [1.807, 2.05) is 91.0 Å². The Balaban J connectivity index is 1.46. The van der Waals surface area contributed by atoms with Crippen molar-refractivity contribution in [3.8, 4) is 11.5 Å². The van der Waals surface area contributed by atoms with Gasteiger partial charge in [0.1, 0.15) is 11.5 Å². The Hall–Kier alpha value is -5.03. The number of hydrazine groups is 1. The summed E-state index contributed by atoms with van der Waals surface area (Å²) >= 11 is 0. The molecule has 2 aliphatic rings. The lowest BCUT2D eigenvalue weighted by molar-refractivity contribution is 0.0224. The van der Waals surface area contributed by atoms with Crippen LogP contribution in [0.1, 0.15) is 45.1 Å². The van der Waals surface area contributed by atoms with E-state index in [9.17, 15) is 4.79 Å². The summed E-state index contributed by atoms with van der Waals surface area (Å²) in [6.07, 6.45) is 0.934. The first-order valence-corrected chi connectivity index (χ1v) is 13.5.